The van der Waals surface area contributed by atoms with Gasteiger partial charge in [0.1, 0.15) is 23.5 Å². The van der Waals surface area contributed by atoms with Crippen LogP contribution in [0.25, 0.3) is 0 Å². The minimum absolute atomic E-state index is 0. The number of carboxylic acid groups (broad SMARTS) is 2. The van der Waals surface area contributed by atoms with E-state index in [2.05, 4.69) is 15.6 Å². The number of nitrogens with one attached hydrogen (secondary N) is 2. The second-order valence-electron chi connectivity index (χ2n) is 7.26. The van der Waals surface area contributed by atoms with Crippen molar-refractivity contribution < 1.29 is 58.4 Å². The van der Waals surface area contributed by atoms with Crippen LogP contribution in [0.4, 0.5) is 15.0 Å². The zero-order valence-corrected chi connectivity index (χ0v) is 22.9. The van der Waals surface area contributed by atoms with Crippen LogP contribution >= 0.6 is 0 Å². The molecule has 0 radical (unpaired) electrons. The molecule has 11 nitrogen and oxygen atoms in total. The van der Waals surface area contributed by atoms with Crippen LogP contribution in [0.5, 0.6) is 5.75 Å². The second-order valence-corrected chi connectivity index (χ2v) is 7.26. The molecule has 0 unspecified atom stereocenters. The number of aromatic nitrogens is 1. The summed E-state index contributed by atoms with van der Waals surface area (Å²) < 4.78 is 14.2. The van der Waals surface area contributed by atoms with E-state index < -0.39 is 29.7 Å². The number of rotatable bonds is 5. The minimum Gasteiger partial charge on any atom is -0.507 e. The fraction of sp³-hybridized carbons (Fsp3) is 0.304. The van der Waals surface area contributed by atoms with Crippen molar-refractivity contribution in [2.45, 2.75) is 45.6 Å². The third-order valence-electron chi connectivity index (χ3n) is 4.40. The molecule has 3 rings (SSSR count). The van der Waals surface area contributed by atoms with Gasteiger partial charge in [0.2, 0.25) is 0 Å². The number of carbonyl (C=O) groups excluding carboxylic acids is 2. The zero-order valence-electron chi connectivity index (χ0n) is 19.9. The van der Waals surface area contributed by atoms with Gasteiger partial charge in [0, 0.05) is 63.5 Å². The van der Waals surface area contributed by atoms with Crippen molar-refractivity contribution in [1.29, 1.82) is 5.26 Å². The summed E-state index contributed by atoms with van der Waals surface area (Å²) in [5.41, 5.74) is 0.512. The number of aliphatic carboxylic acids is 2. The Kier molecular flexibility index (Phi) is 13.5. The first-order chi connectivity index (χ1) is 16.4. The molecule has 1 aliphatic rings. The van der Waals surface area contributed by atoms with Crippen molar-refractivity contribution in [3.63, 3.8) is 0 Å². The van der Waals surface area contributed by atoms with Crippen molar-refractivity contribution in [2.24, 2.45) is 0 Å². The van der Waals surface area contributed by atoms with Gasteiger partial charge in [0.25, 0.3) is 11.9 Å². The standard InChI is InChI=1S/C19H17FN4O3.2C2H4O2.Zn/c1-2-15(25)11-4-5-13(20)17(18(11)26)12-7-14(12)23-19(27)24-16-6-3-10(8-21)9-22-16;2*1-2(3)4;/h3-6,9,12,14,26H,2,7H2,1H3,(H2,22,23,24,27);2*1H3,(H,3,4);/t12-,14+;;;/m1.../s1. The largest absolute Gasteiger partial charge is 0.507 e. The van der Waals surface area contributed by atoms with E-state index in [1.165, 1.54) is 24.4 Å². The number of carboxylic acids is 2. The van der Waals surface area contributed by atoms with E-state index in [-0.39, 0.29) is 60.4 Å². The molecule has 2 aromatic rings. The zero-order chi connectivity index (χ0) is 26.7. The van der Waals surface area contributed by atoms with Gasteiger partial charge in [0.05, 0.1) is 11.1 Å². The predicted octanol–water partition coefficient (Wildman–Crippen LogP) is 3.25. The summed E-state index contributed by atoms with van der Waals surface area (Å²) >= 11 is 0. The number of ketones is 1. The maximum Gasteiger partial charge on any atom is 0.320 e. The number of phenols is 1. The van der Waals surface area contributed by atoms with Crippen LogP contribution in [-0.4, -0.2) is 50.1 Å². The normalized spacial score (nSPS) is 14.6. The molecule has 0 spiro atoms. The molecule has 1 saturated carbocycles. The number of phenolic OH excluding ortho intramolecular Hbond substituents is 1. The summed E-state index contributed by atoms with van der Waals surface area (Å²) in [6.07, 6.45) is 1.98. The smallest absolute Gasteiger partial charge is 0.320 e. The van der Waals surface area contributed by atoms with Gasteiger partial charge in [-0.05, 0) is 30.7 Å². The number of hydrogen-bond donors (Lipinski definition) is 5. The van der Waals surface area contributed by atoms with E-state index in [9.17, 15) is 19.1 Å². The van der Waals surface area contributed by atoms with E-state index in [1.54, 1.807) is 6.92 Å². The number of benzene rings is 1. The number of halogens is 1. The molecule has 1 aromatic carbocycles. The van der Waals surface area contributed by atoms with Gasteiger partial charge in [0.15, 0.2) is 5.78 Å². The topological polar surface area (TPSA) is 190 Å². The first kappa shape index (κ1) is 32.1. The van der Waals surface area contributed by atoms with Gasteiger partial charge in [-0.1, -0.05) is 6.92 Å². The molecule has 188 valence electrons. The van der Waals surface area contributed by atoms with Crippen LogP contribution in [0.3, 0.4) is 0 Å². The van der Waals surface area contributed by atoms with Crippen LogP contribution in [0.1, 0.15) is 61.0 Å². The Labute approximate surface area is 219 Å². The Balaban J connectivity index is 0.00000119. The van der Waals surface area contributed by atoms with Gasteiger partial charge < -0.3 is 20.6 Å². The SMILES string of the molecule is CC(=O)O.CC(=O)O.CCC(=O)c1ccc(F)c([C@@H]2C[C@@H]2NC(=O)Nc2ccc(C#N)cn2)c1O.[Zn]. The second kappa shape index (κ2) is 15.2. The summed E-state index contributed by atoms with van der Waals surface area (Å²) in [4.78, 5) is 45.8. The van der Waals surface area contributed by atoms with E-state index in [0.29, 0.717) is 12.0 Å². The Morgan fingerprint density at radius 2 is 1.72 bits per heavy atom. The van der Waals surface area contributed by atoms with Gasteiger partial charge in [-0.25, -0.2) is 14.2 Å². The molecule has 0 saturated heterocycles. The third kappa shape index (κ3) is 10.6. The quantitative estimate of drug-likeness (QED) is 0.273. The fourth-order valence-corrected chi connectivity index (χ4v) is 2.88. The maximum atomic E-state index is 14.2. The molecule has 0 bridgehead atoms. The van der Waals surface area contributed by atoms with Crippen LogP contribution in [0, 0.1) is 17.1 Å². The molecule has 5 N–H and O–H groups in total. The van der Waals surface area contributed by atoms with Crippen LogP contribution in [0.2, 0.25) is 0 Å². The van der Waals surface area contributed by atoms with E-state index in [0.717, 1.165) is 19.9 Å². The molecule has 2 atom stereocenters. The molecular formula is C23H25FN4O7Zn. The van der Waals surface area contributed by atoms with Gasteiger partial charge in [-0.15, -0.1) is 0 Å². The number of Topliss-reactive ketones (excluding diaryl/α,β-unsaturated/α-hetero) is 1. The van der Waals surface area contributed by atoms with Gasteiger partial charge >= 0.3 is 6.03 Å². The molecule has 1 heterocycles. The molecular weight excluding hydrogens is 529 g/mol. The summed E-state index contributed by atoms with van der Waals surface area (Å²) in [6.45, 7) is 3.83. The number of nitrogens with zero attached hydrogens (tertiary/aromatic N) is 2. The predicted molar refractivity (Wildman–Crippen MR) is 122 cm³/mol. The number of aromatic hydroxyl groups is 1. The number of nitriles is 1. The molecule has 2 amide bonds. The molecule has 13 heteroatoms. The summed E-state index contributed by atoms with van der Waals surface area (Å²) in [7, 11) is 0. The first-order valence-corrected chi connectivity index (χ1v) is 10.3. The molecule has 36 heavy (non-hydrogen) atoms. The third-order valence-corrected chi connectivity index (χ3v) is 4.40. The number of pyridine rings is 1. The Hall–Kier alpha value is -3.91. The average molecular weight is 554 g/mol. The Morgan fingerprint density at radius 1 is 1.14 bits per heavy atom. The maximum absolute atomic E-state index is 14.2. The van der Waals surface area contributed by atoms with Crippen molar-refractivity contribution in [2.75, 3.05) is 5.32 Å². The van der Waals surface area contributed by atoms with Crippen LogP contribution < -0.4 is 10.6 Å². The van der Waals surface area contributed by atoms with Gasteiger partial charge in [-0.2, -0.15) is 5.26 Å². The first-order valence-electron chi connectivity index (χ1n) is 10.3. The van der Waals surface area contributed by atoms with Crippen molar-refractivity contribution in [3.8, 4) is 11.8 Å². The molecule has 1 aromatic heterocycles. The molecule has 0 aliphatic heterocycles. The summed E-state index contributed by atoms with van der Waals surface area (Å²) in [5.74, 6) is -3.04. The fourth-order valence-electron chi connectivity index (χ4n) is 2.88. The molecule has 1 aliphatic carbocycles. The summed E-state index contributed by atoms with van der Waals surface area (Å²) in [6, 6.07) is 6.48. The van der Waals surface area contributed by atoms with E-state index in [4.69, 9.17) is 25.1 Å². The van der Waals surface area contributed by atoms with Crippen molar-refractivity contribution in [3.05, 3.63) is 53.0 Å². The number of urea groups is 1. The summed E-state index contributed by atoms with van der Waals surface area (Å²) in [5, 5.41) is 39.1. The number of amides is 2. The average Bonchev–Trinajstić information content (AvgIpc) is 3.51. The van der Waals surface area contributed by atoms with Gasteiger partial charge in [-0.3, -0.25) is 19.7 Å². The van der Waals surface area contributed by atoms with Crippen molar-refractivity contribution in [1.82, 2.24) is 10.3 Å². The van der Waals surface area contributed by atoms with E-state index in [1.807, 2.05) is 6.07 Å². The number of hydrogen-bond acceptors (Lipinski definition) is 7. The van der Waals surface area contributed by atoms with Crippen LogP contribution in [-0.2, 0) is 29.1 Å². The monoisotopic (exact) mass is 552 g/mol. The molecule has 1 fully saturated rings. The Bertz CT molecular complexity index is 1120. The van der Waals surface area contributed by atoms with E-state index >= 15 is 0 Å². The van der Waals surface area contributed by atoms with Crippen LogP contribution in [0.15, 0.2) is 30.5 Å². The Morgan fingerprint density at radius 3 is 2.19 bits per heavy atom. The number of carbonyl (C=O) groups is 4. The minimum atomic E-state index is -0.833. The number of anilines is 1. The van der Waals surface area contributed by atoms with Crippen molar-refractivity contribution >= 4 is 29.6 Å².